The molecule has 0 atom stereocenters. The summed E-state index contributed by atoms with van der Waals surface area (Å²) >= 11 is 1.04. The second-order valence-electron chi connectivity index (χ2n) is 3.21. The van der Waals surface area contributed by atoms with Crippen LogP contribution in [0.4, 0.5) is 10.8 Å². The predicted molar refractivity (Wildman–Crippen MR) is 60.3 cm³/mol. The molecule has 1 amide bonds. The van der Waals surface area contributed by atoms with Crippen LogP contribution in [-0.4, -0.2) is 26.3 Å². The molecule has 84 valence electrons. The van der Waals surface area contributed by atoms with Crippen molar-refractivity contribution in [2.24, 2.45) is 0 Å². The lowest BCUT2D eigenvalue weighted by atomic mass is 10.3. The number of nitrogens with two attached hydrogens (primary N) is 1. The van der Waals surface area contributed by atoms with E-state index in [2.05, 4.69) is 25.7 Å². The molecule has 0 bridgehead atoms. The van der Waals surface area contributed by atoms with E-state index in [1.54, 1.807) is 6.92 Å². The average molecular weight is 238 g/mol. The van der Waals surface area contributed by atoms with Crippen LogP contribution in [0.1, 0.15) is 21.2 Å². The minimum absolute atomic E-state index is 0.234. The van der Waals surface area contributed by atoms with Gasteiger partial charge in [-0.1, -0.05) is 11.3 Å². The Bertz CT molecular complexity index is 511. The molecule has 0 radical (unpaired) electrons. The molecule has 2 aromatic rings. The largest absolute Gasteiger partial charge is 0.374 e. The van der Waals surface area contributed by atoms with Crippen molar-refractivity contribution >= 4 is 28.1 Å². The Balaban J connectivity index is 2.20. The summed E-state index contributed by atoms with van der Waals surface area (Å²) in [6.45, 7) is 3.62. The number of H-pyrrole nitrogens is 1. The van der Waals surface area contributed by atoms with Gasteiger partial charge in [0.05, 0.1) is 17.1 Å². The number of aryl methyl sites for hydroxylation is 2. The Morgan fingerprint density at radius 1 is 1.44 bits per heavy atom. The van der Waals surface area contributed by atoms with E-state index in [4.69, 9.17) is 5.73 Å². The molecular formula is C8H10N6OS. The maximum atomic E-state index is 11.7. The summed E-state index contributed by atoms with van der Waals surface area (Å²) in [5, 5.41) is 17.2. The first kappa shape index (κ1) is 10.6. The monoisotopic (exact) mass is 238 g/mol. The van der Waals surface area contributed by atoms with E-state index in [1.807, 2.05) is 6.92 Å². The van der Waals surface area contributed by atoms with Crippen molar-refractivity contribution in [2.75, 3.05) is 11.1 Å². The van der Waals surface area contributed by atoms with Crippen molar-refractivity contribution < 1.29 is 4.79 Å². The number of hydrogen-bond donors (Lipinski definition) is 3. The second-order valence-corrected chi connectivity index (χ2v) is 4.22. The normalized spacial score (nSPS) is 10.4. The zero-order chi connectivity index (χ0) is 11.7. The minimum atomic E-state index is -0.332. The fourth-order valence-corrected chi connectivity index (χ4v) is 1.73. The van der Waals surface area contributed by atoms with Gasteiger partial charge in [-0.3, -0.25) is 9.89 Å². The van der Waals surface area contributed by atoms with Gasteiger partial charge in [0, 0.05) is 0 Å². The summed E-state index contributed by atoms with van der Waals surface area (Å²) in [6, 6.07) is 0. The molecule has 0 spiro atoms. The maximum absolute atomic E-state index is 11.7. The first-order valence-electron chi connectivity index (χ1n) is 4.50. The highest BCUT2D eigenvalue weighted by molar-refractivity contribution is 7.16. The number of anilines is 2. The number of aromatic nitrogens is 4. The summed E-state index contributed by atoms with van der Waals surface area (Å²) in [5.74, 6) is -0.332. The Morgan fingerprint density at radius 3 is 2.69 bits per heavy atom. The van der Waals surface area contributed by atoms with Gasteiger partial charge < -0.3 is 11.1 Å². The zero-order valence-corrected chi connectivity index (χ0v) is 9.55. The molecule has 7 nitrogen and oxygen atoms in total. The Hall–Kier alpha value is -1.96. The van der Waals surface area contributed by atoms with Crippen molar-refractivity contribution in [3.63, 3.8) is 0 Å². The molecule has 0 aliphatic carbocycles. The lowest BCUT2D eigenvalue weighted by Crippen LogP contribution is -2.12. The molecule has 0 aliphatic rings. The van der Waals surface area contributed by atoms with E-state index < -0.39 is 0 Å². The quantitative estimate of drug-likeness (QED) is 0.713. The molecular weight excluding hydrogens is 228 g/mol. The van der Waals surface area contributed by atoms with Gasteiger partial charge in [-0.05, 0) is 13.8 Å². The van der Waals surface area contributed by atoms with Crippen molar-refractivity contribution in [3.05, 3.63) is 16.4 Å². The zero-order valence-electron chi connectivity index (χ0n) is 8.74. The van der Waals surface area contributed by atoms with Crippen molar-refractivity contribution in [2.45, 2.75) is 13.8 Å². The summed E-state index contributed by atoms with van der Waals surface area (Å²) in [6.07, 6.45) is 0. The van der Waals surface area contributed by atoms with Crippen LogP contribution in [-0.2, 0) is 0 Å². The number of amides is 1. The van der Waals surface area contributed by atoms with E-state index in [-0.39, 0.29) is 16.0 Å². The van der Waals surface area contributed by atoms with Crippen LogP contribution in [0.25, 0.3) is 0 Å². The van der Waals surface area contributed by atoms with E-state index in [1.165, 1.54) is 0 Å². The van der Waals surface area contributed by atoms with Crippen molar-refractivity contribution in [1.82, 2.24) is 20.4 Å². The van der Waals surface area contributed by atoms with Crippen LogP contribution < -0.4 is 11.1 Å². The molecule has 0 saturated carbocycles. The van der Waals surface area contributed by atoms with Gasteiger partial charge in [0.25, 0.3) is 5.91 Å². The Morgan fingerprint density at radius 2 is 2.19 bits per heavy atom. The van der Waals surface area contributed by atoms with E-state index in [0.717, 1.165) is 22.7 Å². The van der Waals surface area contributed by atoms with Crippen LogP contribution >= 0.6 is 11.3 Å². The number of aromatic amines is 1. The maximum Gasteiger partial charge on any atom is 0.286 e. The fraction of sp³-hybridized carbons (Fsp3) is 0.250. The summed E-state index contributed by atoms with van der Waals surface area (Å²) < 4.78 is 0. The predicted octanol–water partition coefficient (Wildman–Crippen LogP) is 0.713. The average Bonchev–Trinajstić information content (AvgIpc) is 2.79. The van der Waals surface area contributed by atoms with Crippen molar-refractivity contribution in [1.29, 1.82) is 0 Å². The Labute approximate surface area is 95.1 Å². The van der Waals surface area contributed by atoms with Crippen LogP contribution in [0, 0.1) is 13.8 Å². The smallest absolute Gasteiger partial charge is 0.286 e. The SMILES string of the molecule is Cc1n[nH]c(C)c1NC(=O)c1nnc(N)s1. The third-order valence-corrected chi connectivity index (χ3v) is 2.75. The van der Waals surface area contributed by atoms with Gasteiger partial charge in [-0.25, -0.2) is 0 Å². The van der Waals surface area contributed by atoms with E-state index in [0.29, 0.717) is 5.69 Å². The first-order chi connectivity index (χ1) is 7.58. The van der Waals surface area contributed by atoms with Crippen molar-refractivity contribution in [3.8, 4) is 0 Å². The highest BCUT2D eigenvalue weighted by Gasteiger charge is 2.15. The third kappa shape index (κ3) is 1.87. The third-order valence-electron chi connectivity index (χ3n) is 2.00. The highest BCUT2D eigenvalue weighted by atomic mass is 32.1. The van der Waals surface area contributed by atoms with Gasteiger partial charge in [-0.15, -0.1) is 10.2 Å². The number of nitrogens with one attached hydrogen (secondary N) is 2. The lowest BCUT2D eigenvalue weighted by Gasteiger charge is -2.01. The number of nitrogens with zero attached hydrogens (tertiary/aromatic N) is 3. The van der Waals surface area contributed by atoms with E-state index in [9.17, 15) is 4.79 Å². The molecule has 2 aromatic heterocycles. The molecule has 16 heavy (non-hydrogen) atoms. The van der Waals surface area contributed by atoms with Crippen LogP contribution in [0.3, 0.4) is 0 Å². The lowest BCUT2D eigenvalue weighted by molar-refractivity contribution is 0.102. The molecule has 8 heteroatoms. The number of carbonyl (C=O) groups is 1. The summed E-state index contributed by atoms with van der Waals surface area (Å²) in [7, 11) is 0. The topological polar surface area (TPSA) is 110 Å². The van der Waals surface area contributed by atoms with Crippen LogP contribution in [0.5, 0.6) is 0 Å². The standard InChI is InChI=1S/C8H10N6OS/c1-3-5(4(2)12-11-3)10-6(15)7-13-14-8(9)16-7/h1-2H3,(H2,9,14)(H,10,15)(H,11,12). The highest BCUT2D eigenvalue weighted by Crippen LogP contribution is 2.18. The molecule has 0 unspecified atom stereocenters. The van der Waals surface area contributed by atoms with Gasteiger partial charge in [-0.2, -0.15) is 5.10 Å². The molecule has 0 aromatic carbocycles. The van der Waals surface area contributed by atoms with Gasteiger partial charge in [0.2, 0.25) is 10.1 Å². The molecule has 0 fully saturated rings. The minimum Gasteiger partial charge on any atom is -0.374 e. The molecule has 0 saturated heterocycles. The number of rotatable bonds is 2. The number of hydrogen-bond acceptors (Lipinski definition) is 6. The first-order valence-corrected chi connectivity index (χ1v) is 5.31. The Kier molecular flexibility index (Phi) is 2.57. The molecule has 2 heterocycles. The summed E-state index contributed by atoms with van der Waals surface area (Å²) in [5.41, 5.74) is 7.58. The molecule has 0 aliphatic heterocycles. The van der Waals surface area contributed by atoms with Crippen LogP contribution in [0.15, 0.2) is 0 Å². The second kappa shape index (κ2) is 3.89. The van der Waals surface area contributed by atoms with E-state index >= 15 is 0 Å². The fourth-order valence-electron chi connectivity index (χ4n) is 1.23. The van der Waals surface area contributed by atoms with Crippen LogP contribution in [0.2, 0.25) is 0 Å². The molecule has 4 N–H and O–H groups in total. The summed E-state index contributed by atoms with van der Waals surface area (Å²) in [4.78, 5) is 11.7. The molecule has 2 rings (SSSR count). The van der Waals surface area contributed by atoms with Gasteiger partial charge in [0.1, 0.15) is 0 Å². The van der Waals surface area contributed by atoms with Gasteiger partial charge >= 0.3 is 0 Å². The van der Waals surface area contributed by atoms with Gasteiger partial charge in [0.15, 0.2) is 0 Å². The number of carbonyl (C=O) groups excluding carboxylic acids is 1. The number of nitrogen functional groups attached to an aromatic ring is 1.